The van der Waals surface area contributed by atoms with Crippen LogP contribution in [0.4, 0.5) is 0 Å². The second-order valence-electron chi connectivity index (χ2n) is 5.14. The SMILES string of the molecule is Cc1ccc(C(N)C(C)S(=O)(=O)c2cccc(Cl)c2)cc1. The Morgan fingerprint density at radius 3 is 2.29 bits per heavy atom. The quantitative estimate of drug-likeness (QED) is 0.936. The second-order valence-corrected chi connectivity index (χ2v) is 7.89. The van der Waals surface area contributed by atoms with E-state index in [9.17, 15) is 8.42 Å². The molecule has 0 fully saturated rings. The van der Waals surface area contributed by atoms with Gasteiger partial charge in [-0.2, -0.15) is 0 Å². The Kier molecular flexibility index (Phi) is 4.71. The lowest BCUT2D eigenvalue weighted by Crippen LogP contribution is -2.31. The molecule has 0 saturated carbocycles. The Morgan fingerprint density at radius 1 is 1.10 bits per heavy atom. The minimum Gasteiger partial charge on any atom is -0.323 e. The largest absolute Gasteiger partial charge is 0.323 e. The van der Waals surface area contributed by atoms with Crippen LogP contribution in [0.15, 0.2) is 53.4 Å². The van der Waals surface area contributed by atoms with Gasteiger partial charge in [-0.1, -0.05) is 47.5 Å². The maximum absolute atomic E-state index is 12.6. The summed E-state index contributed by atoms with van der Waals surface area (Å²) in [5.74, 6) is 0. The van der Waals surface area contributed by atoms with Crippen molar-refractivity contribution < 1.29 is 8.42 Å². The van der Waals surface area contributed by atoms with Crippen LogP contribution in [0.5, 0.6) is 0 Å². The molecule has 0 aromatic heterocycles. The average Bonchev–Trinajstić information content (AvgIpc) is 2.46. The molecule has 2 aromatic rings. The number of aryl methyl sites for hydroxylation is 1. The van der Waals surface area contributed by atoms with Crippen LogP contribution in [0, 0.1) is 6.92 Å². The van der Waals surface area contributed by atoms with Gasteiger partial charge in [0.1, 0.15) is 0 Å². The normalized spacial score (nSPS) is 14.7. The highest BCUT2D eigenvalue weighted by molar-refractivity contribution is 7.92. The van der Waals surface area contributed by atoms with Crippen LogP contribution in [0.25, 0.3) is 0 Å². The van der Waals surface area contributed by atoms with Gasteiger partial charge in [0.05, 0.1) is 10.1 Å². The van der Waals surface area contributed by atoms with E-state index in [0.29, 0.717) is 5.02 Å². The third kappa shape index (κ3) is 3.46. The molecule has 2 atom stereocenters. The summed E-state index contributed by atoms with van der Waals surface area (Å²) in [4.78, 5) is 0.199. The molecule has 0 aliphatic carbocycles. The number of halogens is 1. The van der Waals surface area contributed by atoms with Crippen molar-refractivity contribution in [1.29, 1.82) is 0 Å². The molecule has 0 spiro atoms. The molecule has 3 nitrogen and oxygen atoms in total. The van der Waals surface area contributed by atoms with Crippen molar-refractivity contribution in [3.63, 3.8) is 0 Å². The first-order chi connectivity index (χ1) is 9.82. The molecule has 2 rings (SSSR count). The average molecular weight is 324 g/mol. The number of rotatable bonds is 4. The fraction of sp³-hybridized carbons (Fsp3) is 0.250. The molecule has 0 bridgehead atoms. The van der Waals surface area contributed by atoms with Gasteiger partial charge in [-0.25, -0.2) is 8.42 Å². The summed E-state index contributed by atoms with van der Waals surface area (Å²) in [5, 5.41) is -0.342. The maximum Gasteiger partial charge on any atom is 0.182 e. The summed E-state index contributed by atoms with van der Waals surface area (Å²) in [7, 11) is -3.53. The van der Waals surface area contributed by atoms with Crippen LogP contribution >= 0.6 is 11.6 Å². The molecule has 0 aliphatic rings. The lowest BCUT2D eigenvalue weighted by atomic mass is 10.0. The minimum atomic E-state index is -3.53. The molecule has 2 aromatic carbocycles. The van der Waals surface area contributed by atoms with Crippen LogP contribution in [-0.2, 0) is 9.84 Å². The van der Waals surface area contributed by atoms with Crippen molar-refractivity contribution >= 4 is 21.4 Å². The molecular weight excluding hydrogens is 306 g/mol. The van der Waals surface area contributed by atoms with Crippen molar-refractivity contribution in [2.75, 3.05) is 0 Å². The highest BCUT2D eigenvalue weighted by atomic mass is 35.5. The van der Waals surface area contributed by atoms with E-state index in [-0.39, 0.29) is 4.90 Å². The van der Waals surface area contributed by atoms with E-state index >= 15 is 0 Å². The highest BCUT2D eigenvalue weighted by Gasteiger charge is 2.29. The van der Waals surface area contributed by atoms with Crippen LogP contribution in [0.2, 0.25) is 5.02 Å². The third-order valence-electron chi connectivity index (χ3n) is 3.58. The molecule has 2 unspecified atom stereocenters. The van der Waals surface area contributed by atoms with Crippen LogP contribution in [0.1, 0.15) is 24.1 Å². The Morgan fingerprint density at radius 2 is 1.71 bits per heavy atom. The molecule has 0 saturated heterocycles. The minimum absolute atomic E-state index is 0.199. The molecule has 112 valence electrons. The number of hydrogen-bond acceptors (Lipinski definition) is 3. The van der Waals surface area contributed by atoms with Crippen LogP contribution in [-0.4, -0.2) is 13.7 Å². The number of sulfone groups is 1. The standard InChI is InChI=1S/C16H18ClNO2S/c1-11-6-8-13(9-7-11)16(18)12(2)21(19,20)15-5-3-4-14(17)10-15/h3-10,12,16H,18H2,1-2H3. The molecular formula is C16H18ClNO2S. The first kappa shape index (κ1) is 16.0. The van der Waals surface area contributed by atoms with Crippen molar-refractivity contribution in [2.24, 2.45) is 5.73 Å². The van der Waals surface area contributed by atoms with E-state index < -0.39 is 21.1 Å². The smallest absolute Gasteiger partial charge is 0.182 e. The van der Waals surface area contributed by atoms with Gasteiger partial charge in [-0.15, -0.1) is 0 Å². The first-order valence-corrected chi connectivity index (χ1v) is 8.56. The Bertz CT molecular complexity index is 726. The summed E-state index contributed by atoms with van der Waals surface area (Å²) in [6.07, 6.45) is 0. The van der Waals surface area contributed by atoms with Crippen molar-refractivity contribution in [3.05, 3.63) is 64.7 Å². The number of hydrogen-bond donors (Lipinski definition) is 1. The Labute approximate surface area is 130 Å². The molecule has 21 heavy (non-hydrogen) atoms. The zero-order chi connectivity index (χ0) is 15.6. The summed E-state index contributed by atoms with van der Waals surface area (Å²) < 4.78 is 25.3. The predicted octanol–water partition coefficient (Wildman–Crippen LogP) is 3.51. The maximum atomic E-state index is 12.6. The molecule has 0 aliphatic heterocycles. The second kappa shape index (κ2) is 6.18. The number of benzene rings is 2. The van der Waals surface area contributed by atoms with E-state index in [1.165, 1.54) is 6.07 Å². The van der Waals surface area contributed by atoms with Gasteiger partial charge in [0, 0.05) is 11.1 Å². The Hall–Kier alpha value is -1.36. The highest BCUT2D eigenvalue weighted by Crippen LogP contribution is 2.26. The summed E-state index contributed by atoms with van der Waals surface area (Å²) in [6.45, 7) is 3.60. The molecule has 0 heterocycles. The lowest BCUT2D eigenvalue weighted by Gasteiger charge is -2.21. The monoisotopic (exact) mass is 323 g/mol. The van der Waals surface area contributed by atoms with E-state index in [4.69, 9.17) is 17.3 Å². The van der Waals surface area contributed by atoms with Gasteiger partial charge in [0.15, 0.2) is 9.84 Å². The number of nitrogens with two attached hydrogens (primary N) is 1. The van der Waals surface area contributed by atoms with Crippen LogP contribution < -0.4 is 5.73 Å². The van der Waals surface area contributed by atoms with Gasteiger partial charge >= 0.3 is 0 Å². The summed E-state index contributed by atoms with van der Waals surface area (Å²) in [5.41, 5.74) is 8.05. The molecule has 0 radical (unpaired) electrons. The zero-order valence-corrected chi connectivity index (χ0v) is 13.5. The molecule has 0 amide bonds. The summed E-state index contributed by atoms with van der Waals surface area (Å²) >= 11 is 5.87. The van der Waals surface area contributed by atoms with Gasteiger partial charge in [0.25, 0.3) is 0 Å². The van der Waals surface area contributed by atoms with Crippen molar-refractivity contribution in [2.45, 2.75) is 30.0 Å². The Balaban J connectivity index is 2.33. The van der Waals surface area contributed by atoms with E-state index in [2.05, 4.69) is 0 Å². The predicted molar refractivity (Wildman–Crippen MR) is 86.2 cm³/mol. The van der Waals surface area contributed by atoms with Crippen LogP contribution in [0.3, 0.4) is 0 Å². The molecule has 5 heteroatoms. The third-order valence-corrected chi connectivity index (χ3v) is 6.00. The molecule has 2 N–H and O–H groups in total. The van der Waals surface area contributed by atoms with Gasteiger partial charge in [-0.3, -0.25) is 0 Å². The zero-order valence-electron chi connectivity index (χ0n) is 12.0. The van der Waals surface area contributed by atoms with Crippen molar-refractivity contribution in [3.8, 4) is 0 Å². The van der Waals surface area contributed by atoms with E-state index in [1.807, 2.05) is 31.2 Å². The van der Waals surface area contributed by atoms with E-state index in [0.717, 1.165) is 11.1 Å². The van der Waals surface area contributed by atoms with E-state index in [1.54, 1.807) is 25.1 Å². The fourth-order valence-corrected chi connectivity index (χ4v) is 3.90. The fourth-order valence-electron chi connectivity index (χ4n) is 2.11. The van der Waals surface area contributed by atoms with Gasteiger partial charge in [-0.05, 0) is 37.6 Å². The van der Waals surface area contributed by atoms with Gasteiger partial charge in [0.2, 0.25) is 0 Å². The topological polar surface area (TPSA) is 60.2 Å². The first-order valence-electron chi connectivity index (χ1n) is 6.64. The van der Waals surface area contributed by atoms with Gasteiger partial charge < -0.3 is 5.73 Å². The lowest BCUT2D eigenvalue weighted by molar-refractivity contribution is 0.565. The van der Waals surface area contributed by atoms with Crippen molar-refractivity contribution in [1.82, 2.24) is 0 Å². The summed E-state index contributed by atoms with van der Waals surface area (Å²) in [6, 6.07) is 13.3.